The third-order valence-electron chi connectivity index (χ3n) is 3.58. The molecule has 0 bridgehead atoms. The van der Waals surface area contributed by atoms with Crippen LogP contribution in [0.25, 0.3) is 0 Å². The molecule has 2 aliphatic rings. The van der Waals surface area contributed by atoms with Crippen LogP contribution in [0, 0.1) is 5.41 Å². The zero-order valence-corrected chi connectivity index (χ0v) is 11.8. The van der Waals surface area contributed by atoms with E-state index in [9.17, 15) is 4.79 Å². The van der Waals surface area contributed by atoms with Crippen LogP contribution in [-0.2, 0) is 14.3 Å². The molecule has 4 heteroatoms. The summed E-state index contributed by atoms with van der Waals surface area (Å²) in [5, 5.41) is 0. The molecule has 4 nitrogen and oxygen atoms in total. The number of rotatable bonds is 1. The lowest BCUT2D eigenvalue weighted by Gasteiger charge is -2.43. The zero-order chi connectivity index (χ0) is 13.2. The van der Waals surface area contributed by atoms with E-state index >= 15 is 0 Å². The van der Waals surface area contributed by atoms with E-state index in [1.807, 2.05) is 4.90 Å². The van der Waals surface area contributed by atoms with Gasteiger partial charge in [0.25, 0.3) is 0 Å². The molecule has 2 saturated heterocycles. The maximum absolute atomic E-state index is 12.1. The molecule has 18 heavy (non-hydrogen) atoms. The topological polar surface area (TPSA) is 38.8 Å². The van der Waals surface area contributed by atoms with E-state index in [1.165, 1.54) is 0 Å². The first-order valence-electron chi connectivity index (χ1n) is 6.96. The highest BCUT2D eigenvalue weighted by Gasteiger charge is 2.39. The largest absolute Gasteiger partial charge is 0.350 e. The summed E-state index contributed by atoms with van der Waals surface area (Å²) < 4.78 is 11.6. The first kappa shape index (κ1) is 13.8. The monoisotopic (exact) mass is 255 g/mol. The second kappa shape index (κ2) is 5.17. The van der Waals surface area contributed by atoms with Gasteiger partial charge in [-0.15, -0.1) is 0 Å². The minimum absolute atomic E-state index is 0.0596. The molecule has 1 amide bonds. The molecule has 2 fully saturated rings. The van der Waals surface area contributed by atoms with E-state index < -0.39 is 5.79 Å². The smallest absolute Gasteiger partial charge is 0.223 e. The van der Waals surface area contributed by atoms with Gasteiger partial charge in [-0.2, -0.15) is 0 Å². The summed E-state index contributed by atoms with van der Waals surface area (Å²) in [7, 11) is 0. The van der Waals surface area contributed by atoms with Gasteiger partial charge in [0.2, 0.25) is 5.91 Å². The summed E-state index contributed by atoms with van der Waals surface area (Å²) in [5.74, 6) is -0.135. The van der Waals surface area contributed by atoms with E-state index in [-0.39, 0.29) is 11.3 Å². The lowest BCUT2D eigenvalue weighted by molar-refractivity contribution is -0.282. The van der Waals surface area contributed by atoms with Crippen LogP contribution in [-0.4, -0.2) is 42.9 Å². The van der Waals surface area contributed by atoms with Crippen LogP contribution >= 0.6 is 0 Å². The molecule has 0 aromatic carbocycles. The van der Waals surface area contributed by atoms with Crippen molar-refractivity contribution in [3.8, 4) is 0 Å². The molecular formula is C14H25NO3. The predicted molar refractivity (Wildman–Crippen MR) is 69.1 cm³/mol. The average molecular weight is 255 g/mol. The number of likely N-dealkylation sites (tertiary alicyclic amines) is 1. The third kappa shape index (κ3) is 3.45. The van der Waals surface area contributed by atoms with Gasteiger partial charge in [0, 0.05) is 32.4 Å². The third-order valence-corrected chi connectivity index (χ3v) is 3.58. The molecule has 2 heterocycles. The van der Waals surface area contributed by atoms with Gasteiger partial charge in [-0.1, -0.05) is 20.8 Å². The number of carbonyl (C=O) groups is 1. The van der Waals surface area contributed by atoms with Crippen molar-refractivity contribution in [2.75, 3.05) is 26.3 Å². The normalized spacial score (nSPS) is 24.3. The van der Waals surface area contributed by atoms with E-state index in [0.29, 0.717) is 6.42 Å². The van der Waals surface area contributed by atoms with Gasteiger partial charge in [0.15, 0.2) is 5.79 Å². The molecule has 2 rings (SSSR count). The number of ether oxygens (including phenoxy) is 2. The van der Waals surface area contributed by atoms with E-state index in [2.05, 4.69) is 20.8 Å². The Hall–Kier alpha value is -0.610. The fraction of sp³-hybridized carbons (Fsp3) is 0.929. The van der Waals surface area contributed by atoms with Crippen molar-refractivity contribution in [2.45, 2.75) is 52.2 Å². The highest BCUT2D eigenvalue weighted by molar-refractivity contribution is 5.76. The summed E-state index contributed by atoms with van der Waals surface area (Å²) in [5.41, 5.74) is 0.0596. The fourth-order valence-corrected chi connectivity index (χ4v) is 2.57. The molecule has 0 N–H and O–H groups in total. The van der Waals surface area contributed by atoms with Gasteiger partial charge < -0.3 is 14.4 Å². The highest BCUT2D eigenvalue weighted by atomic mass is 16.7. The van der Waals surface area contributed by atoms with Crippen LogP contribution in [0.2, 0.25) is 0 Å². The van der Waals surface area contributed by atoms with Crippen molar-refractivity contribution < 1.29 is 14.3 Å². The quantitative estimate of drug-likeness (QED) is 0.721. The summed E-state index contributed by atoms with van der Waals surface area (Å²) in [4.78, 5) is 14.1. The number of hydrogen-bond donors (Lipinski definition) is 0. The lowest BCUT2D eigenvalue weighted by atomic mass is 9.91. The van der Waals surface area contributed by atoms with Gasteiger partial charge in [0.1, 0.15) is 0 Å². The minimum atomic E-state index is -0.392. The van der Waals surface area contributed by atoms with Crippen LogP contribution in [0.3, 0.4) is 0 Å². The highest BCUT2D eigenvalue weighted by Crippen LogP contribution is 2.31. The molecule has 0 unspecified atom stereocenters. The Kier molecular flexibility index (Phi) is 3.97. The molecule has 0 saturated carbocycles. The Morgan fingerprint density at radius 1 is 1.17 bits per heavy atom. The Balaban J connectivity index is 1.84. The molecule has 104 valence electrons. The molecule has 0 aliphatic carbocycles. The predicted octanol–water partition coefficient (Wildman–Crippen LogP) is 2.18. The molecule has 2 aliphatic heterocycles. The standard InChI is InChI=1S/C14H25NO3/c1-13(2,3)11-12(16)15-7-5-14(6-8-15)17-9-4-10-18-14/h4-11H2,1-3H3. The Labute approximate surface area is 110 Å². The van der Waals surface area contributed by atoms with Crippen molar-refractivity contribution in [3.05, 3.63) is 0 Å². The van der Waals surface area contributed by atoms with Crippen LogP contribution < -0.4 is 0 Å². The van der Waals surface area contributed by atoms with Crippen LogP contribution in [0.5, 0.6) is 0 Å². The van der Waals surface area contributed by atoms with Gasteiger partial charge in [-0.05, 0) is 11.8 Å². The maximum Gasteiger partial charge on any atom is 0.223 e. The van der Waals surface area contributed by atoms with Crippen molar-refractivity contribution in [1.29, 1.82) is 0 Å². The first-order valence-corrected chi connectivity index (χ1v) is 6.96. The Bertz CT molecular complexity index is 293. The van der Waals surface area contributed by atoms with Crippen molar-refractivity contribution >= 4 is 5.91 Å². The molecule has 0 radical (unpaired) electrons. The van der Waals surface area contributed by atoms with Gasteiger partial charge in [-0.25, -0.2) is 0 Å². The van der Waals surface area contributed by atoms with Crippen LogP contribution in [0.4, 0.5) is 0 Å². The summed E-state index contributed by atoms with van der Waals surface area (Å²) in [6.07, 6.45) is 3.21. The van der Waals surface area contributed by atoms with Gasteiger partial charge in [0.05, 0.1) is 13.2 Å². The Morgan fingerprint density at radius 3 is 2.22 bits per heavy atom. The summed E-state index contributed by atoms with van der Waals surface area (Å²) >= 11 is 0. The van der Waals surface area contributed by atoms with E-state index in [0.717, 1.165) is 45.6 Å². The van der Waals surface area contributed by atoms with Gasteiger partial charge >= 0.3 is 0 Å². The second-order valence-corrected chi connectivity index (χ2v) is 6.58. The molecule has 0 aromatic rings. The molecule has 0 atom stereocenters. The Morgan fingerprint density at radius 2 is 1.72 bits per heavy atom. The summed E-state index contributed by atoms with van der Waals surface area (Å²) in [6.45, 7) is 9.40. The molecular weight excluding hydrogens is 230 g/mol. The molecule has 1 spiro atoms. The zero-order valence-electron chi connectivity index (χ0n) is 11.8. The van der Waals surface area contributed by atoms with Gasteiger partial charge in [-0.3, -0.25) is 4.79 Å². The molecule has 0 aromatic heterocycles. The van der Waals surface area contributed by atoms with E-state index in [1.54, 1.807) is 0 Å². The number of amides is 1. The number of carbonyl (C=O) groups excluding carboxylic acids is 1. The number of nitrogens with zero attached hydrogens (tertiary/aromatic N) is 1. The average Bonchev–Trinajstić information content (AvgIpc) is 2.28. The van der Waals surface area contributed by atoms with Crippen molar-refractivity contribution in [1.82, 2.24) is 4.90 Å². The fourth-order valence-electron chi connectivity index (χ4n) is 2.57. The SMILES string of the molecule is CC(C)(C)CC(=O)N1CCC2(CC1)OCCCO2. The minimum Gasteiger partial charge on any atom is -0.350 e. The lowest BCUT2D eigenvalue weighted by Crippen LogP contribution is -2.51. The number of piperidine rings is 1. The van der Waals surface area contributed by atoms with Crippen molar-refractivity contribution in [2.24, 2.45) is 5.41 Å². The van der Waals surface area contributed by atoms with Crippen LogP contribution in [0.1, 0.15) is 46.5 Å². The van der Waals surface area contributed by atoms with Crippen molar-refractivity contribution in [3.63, 3.8) is 0 Å². The first-order chi connectivity index (χ1) is 8.40. The maximum atomic E-state index is 12.1. The van der Waals surface area contributed by atoms with E-state index in [4.69, 9.17) is 9.47 Å². The summed E-state index contributed by atoms with van der Waals surface area (Å²) in [6, 6.07) is 0. The number of hydrogen-bond acceptors (Lipinski definition) is 3. The van der Waals surface area contributed by atoms with Crippen LogP contribution in [0.15, 0.2) is 0 Å². The second-order valence-electron chi connectivity index (χ2n) is 6.58.